The van der Waals surface area contributed by atoms with Crippen LogP contribution in [0.1, 0.15) is 0 Å². The van der Waals surface area contributed by atoms with E-state index in [9.17, 15) is 130 Å². The van der Waals surface area contributed by atoms with E-state index < -0.39 is 93.2 Å². The fourth-order valence-corrected chi connectivity index (χ4v) is 5.77. The standard InChI is InChI=1S/3C2F6NO4S2.Eu/c3*3-1(4,5)14(10,11)9-15(12,13)2(6,7)8;/q3*-1;+3. The third kappa shape index (κ3) is 15.6. The van der Waals surface area contributed by atoms with Crippen LogP contribution >= 0.6 is 0 Å². The molecule has 0 atom stereocenters. The molecule has 0 rings (SSSR count). The Morgan fingerprint density at radius 2 is 0.304 bits per heavy atom. The average molecular weight is 992 g/mol. The summed E-state index contributed by atoms with van der Waals surface area (Å²) in [5, 5.41) is 0. The van der Waals surface area contributed by atoms with Crippen molar-refractivity contribution in [2.24, 2.45) is 0 Å². The predicted molar refractivity (Wildman–Crippen MR) is 99.9 cm³/mol. The molecule has 0 saturated carbocycles. The van der Waals surface area contributed by atoms with Gasteiger partial charge in [0.15, 0.2) is 60.1 Å². The van der Waals surface area contributed by atoms with E-state index in [-0.39, 0.29) is 49.4 Å². The van der Waals surface area contributed by atoms with Crippen LogP contribution in [0.5, 0.6) is 0 Å². The quantitative estimate of drug-likeness (QED) is 0.349. The van der Waals surface area contributed by atoms with E-state index in [0.717, 1.165) is 12.4 Å². The zero-order valence-electron chi connectivity index (χ0n) is 18.9. The van der Waals surface area contributed by atoms with Crippen LogP contribution in [0.4, 0.5) is 79.0 Å². The van der Waals surface area contributed by atoms with Crippen LogP contribution in [-0.2, 0) is 60.1 Å². The molecule has 0 N–H and O–H groups in total. The molecule has 40 heteroatoms. The molecule has 0 aromatic carbocycles. The molecule has 0 unspecified atom stereocenters. The topological polar surface area (TPSA) is 247 Å². The van der Waals surface area contributed by atoms with Crippen molar-refractivity contribution < 1.29 is 179 Å². The van der Waals surface area contributed by atoms with E-state index in [0.29, 0.717) is 0 Å². The Morgan fingerprint density at radius 3 is 0.348 bits per heavy atom. The fourth-order valence-electron chi connectivity index (χ4n) is 0.641. The second-order valence-electron chi connectivity index (χ2n) is 5.75. The summed E-state index contributed by atoms with van der Waals surface area (Å²) in [4.78, 5) is 0. The van der Waals surface area contributed by atoms with Gasteiger partial charge < -0.3 is 12.4 Å². The van der Waals surface area contributed by atoms with Crippen LogP contribution in [0.25, 0.3) is 12.4 Å². The molecule has 0 bridgehead atoms. The summed E-state index contributed by atoms with van der Waals surface area (Å²) < 4.78 is 328. The van der Waals surface area contributed by atoms with Gasteiger partial charge in [0.1, 0.15) is 0 Å². The monoisotopic (exact) mass is 993 g/mol. The van der Waals surface area contributed by atoms with E-state index in [2.05, 4.69) is 0 Å². The Balaban J connectivity index is -0.000000285. The van der Waals surface area contributed by atoms with Gasteiger partial charge in [-0.3, -0.25) is 0 Å². The minimum absolute atomic E-state index is 0. The molecule has 0 fully saturated rings. The molecule has 15 nitrogen and oxygen atoms in total. The molecule has 0 radical (unpaired) electrons. The molecule has 0 amide bonds. The van der Waals surface area contributed by atoms with Gasteiger partial charge in [-0.15, -0.1) is 0 Å². The number of alkyl halides is 18. The van der Waals surface area contributed by atoms with Gasteiger partial charge in [-0.25, -0.2) is 50.5 Å². The molecule has 0 aliphatic rings. The van der Waals surface area contributed by atoms with E-state index in [1.807, 2.05) is 0 Å². The number of nitrogens with zero attached hydrogens (tertiary/aromatic N) is 3. The Hall–Kier alpha value is -0.0956. The summed E-state index contributed by atoms with van der Waals surface area (Å²) in [6.45, 7) is 0. The third-order valence-electron chi connectivity index (χ3n) is 2.34. The zero-order valence-corrected chi connectivity index (χ0v) is 26.2. The van der Waals surface area contributed by atoms with E-state index in [1.165, 1.54) is 0 Å². The van der Waals surface area contributed by atoms with Crippen LogP contribution in [0.3, 0.4) is 0 Å². The van der Waals surface area contributed by atoms with Crippen molar-refractivity contribution in [3.8, 4) is 0 Å². The van der Waals surface area contributed by atoms with Crippen molar-refractivity contribution in [2.45, 2.75) is 33.0 Å². The molecular formula is C6EuF18N3O12S6. The van der Waals surface area contributed by atoms with E-state index >= 15 is 0 Å². The van der Waals surface area contributed by atoms with Gasteiger partial charge in [0, 0.05) is 0 Å². The van der Waals surface area contributed by atoms with Crippen molar-refractivity contribution in [3.05, 3.63) is 12.4 Å². The van der Waals surface area contributed by atoms with Crippen molar-refractivity contribution in [1.29, 1.82) is 0 Å². The maximum Gasteiger partial charge on any atom is 3.00 e. The van der Waals surface area contributed by atoms with Gasteiger partial charge in [-0.05, 0) is 0 Å². The summed E-state index contributed by atoms with van der Waals surface area (Å²) >= 11 is 0. The third-order valence-corrected chi connectivity index (χ3v) is 10.6. The fraction of sp³-hybridized carbons (Fsp3) is 1.00. The van der Waals surface area contributed by atoms with Crippen LogP contribution < -0.4 is 0 Å². The first-order valence-electron chi connectivity index (χ1n) is 7.72. The molecule has 0 aliphatic carbocycles. The van der Waals surface area contributed by atoms with Crippen molar-refractivity contribution in [2.75, 3.05) is 0 Å². The number of rotatable bonds is 6. The Bertz CT molecular complexity index is 1370. The molecule has 0 aliphatic heterocycles. The average Bonchev–Trinajstić information content (AvgIpc) is 2.61. The second kappa shape index (κ2) is 15.4. The van der Waals surface area contributed by atoms with Gasteiger partial charge in [-0.1, -0.05) is 0 Å². The smallest absolute Gasteiger partial charge is 0.421 e. The summed E-state index contributed by atoms with van der Waals surface area (Å²) in [7, 11) is -40.3. The van der Waals surface area contributed by atoms with Crippen LogP contribution in [0.2, 0.25) is 0 Å². The summed E-state index contributed by atoms with van der Waals surface area (Å²) in [5.74, 6) is 0. The number of hydrogen-bond acceptors (Lipinski definition) is 12. The minimum atomic E-state index is -6.72. The van der Waals surface area contributed by atoms with Crippen LogP contribution in [-0.4, -0.2) is 83.6 Å². The summed E-state index contributed by atoms with van der Waals surface area (Å²) in [6.07, 6.45) is 0. The maximum absolute atomic E-state index is 11.4. The summed E-state index contributed by atoms with van der Waals surface area (Å²) in [6, 6.07) is 0. The molecular weight excluding hydrogens is 992 g/mol. The minimum Gasteiger partial charge on any atom is -0.421 e. The van der Waals surface area contributed by atoms with Crippen molar-refractivity contribution >= 4 is 60.1 Å². The van der Waals surface area contributed by atoms with Crippen LogP contribution in [0, 0.1) is 49.4 Å². The first-order valence-corrected chi connectivity index (χ1v) is 16.4. The van der Waals surface area contributed by atoms with Gasteiger partial charge in [0.05, 0.1) is 0 Å². The number of halogens is 18. The first-order chi connectivity index (χ1) is 18.6. The van der Waals surface area contributed by atoms with Gasteiger partial charge in [0.25, 0.3) is 0 Å². The van der Waals surface area contributed by atoms with Crippen molar-refractivity contribution in [1.82, 2.24) is 0 Å². The van der Waals surface area contributed by atoms with Gasteiger partial charge in [0.2, 0.25) is 0 Å². The Morgan fingerprint density at radius 1 is 0.239 bits per heavy atom. The maximum atomic E-state index is 11.4. The molecule has 0 aromatic rings. The molecule has 280 valence electrons. The number of hydrogen-bond donors (Lipinski definition) is 0. The normalized spacial score (nSPS) is 15.0. The van der Waals surface area contributed by atoms with E-state index in [4.69, 9.17) is 0 Å². The molecule has 46 heavy (non-hydrogen) atoms. The van der Waals surface area contributed by atoms with Gasteiger partial charge >= 0.3 is 82.4 Å². The van der Waals surface area contributed by atoms with Gasteiger partial charge in [-0.2, -0.15) is 79.0 Å². The summed E-state index contributed by atoms with van der Waals surface area (Å²) in [5.41, 5.74) is -37.2. The first kappa shape index (κ1) is 52.7. The molecule has 0 aromatic heterocycles. The Kier molecular flexibility index (Phi) is 17.7. The predicted octanol–water partition coefficient (Wildman–Crippen LogP) is 3.18. The van der Waals surface area contributed by atoms with E-state index in [1.54, 1.807) is 0 Å². The zero-order chi connectivity index (χ0) is 38.1. The Labute approximate surface area is 282 Å². The molecule has 0 saturated heterocycles. The van der Waals surface area contributed by atoms with Crippen molar-refractivity contribution in [3.63, 3.8) is 0 Å². The van der Waals surface area contributed by atoms with Crippen LogP contribution in [0.15, 0.2) is 0 Å². The second-order valence-corrected chi connectivity index (χ2v) is 16.0. The molecule has 0 heterocycles. The largest absolute Gasteiger partial charge is 3.00 e. The SMILES string of the molecule is O=S(=O)([N-]S(=O)(=O)C(F)(F)F)C(F)(F)F.O=S(=O)([N-]S(=O)(=O)C(F)(F)F)C(F)(F)F.O=S(=O)([N-]S(=O)(=O)C(F)(F)F)C(F)(F)F.[Eu+3]. The molecule has 0 spiro atoms. The number of sulfonamides is 6.